The lowest BCUT2D eigenvalue weighted by atomic mass is 9.99. The third kappa shape index (κ3) is 3.54. The van der Waals surface area contributed by atoms with Crippen LogP contribution < -0.4 is 4.74 Å². The maximum atomic E-state index is 12.5. The minimum atomic E-state index is -0.409. The second kappa shape index (κ2) is 7.12. The van der Waals surface area contributed by atoms with Gasteiger partial charge >= 0.3 is 5.97 Å². The summed E-state index contributed by atoms with van der Waals surface area (Å²) in [6, 6.07) is 13.5. The first kappa shape index (κ1) is 16.5. The molecule has 2 heterocycles. The van der Waals surface area contributed by atoms with Gasteiger partial charge < -0.3 is 4.74 Å². The SMILES string of the molecule is O=C(Oc1cccc2ccccc12)c1csc(C2CCN(Cl)CC2)n1. The third-order valence-corrected chi connectivity index (χ3v) is 5.82. The molecular formula is C19H17ClN2O2S. The number of thiazole rings is 1. The van der Waals surface area contributed by atoms with Crippen LogP contribution in [0.2, 0.25) is 0 Å². The zero-order valence-corrected chi connectivity index (χ0v) is 15.1. The van der Waals surface area contributed by atoms with E-state index in [0.29, 0.717) is 17.4 Å². The molecule has 1 aliphatic rings. The summed E-state index contributed by atoms with van der Waals surface area (Å²) in [4.78, 5) is 17.0. The van der Waals surface area contributed by atoms with Crippen LogP contribution in [0.25, 0.3) is 10.8 Å². The van der Waals surface area contributed by atoms with Crippen LogP contribution in [0.1, 0.15) is 34.3 Å². The Bertz CT molecular complexity index is 898. The van der Waals surface area contributed by atoms with Crippen LogP contribution in [0.5, 0.6) is 5.75 Å². The van der Waals surface area contributed by atoms with Gasteiger partial charge in [0.1, 0.15) is 5.75 Å². The number of halogens is 1. The van der Waals surface area contributed by atoms with Gasteiger partial charge in [0.2, 0.25) is 0 Å². The molecule has 1 aromatic heterocycles. The molecule has 128 valence electrons. The molecule has 0 spiro atoms. The normalized spacial score (nSPS) is 16.2. The van der Waals surface area contributed by atoms with Crippen LogP contribution in [0.15, 0.2) is 47.8 Å². The number of rotatable bonds is 3. The van der Waals surface area contributed by atoms with Gasteiger partial charge in [-0.2, -0.15) is 0 Å². The molecule has 25 heavy (non-hydrogen) atoms. The van der Waals surface area contributed by atoms with E-state index in [4.69, 9.17) is 16.5 Å². The Balaban J connectivity index is 1.52. The molecule has 4 rings (SSSR count). The molecule has 0 saturated carbocycles. The molecule has 2 aromatic carbocycles. The molecule has 4 nitrogen and oxygen atoms in total. The third-order valence-electron chi connectivity index (χ3n) is 4.47. The van der Waals surface area contributed by atoms with Crippen LogP contribution in [0.3, 0.4) is 0 Å². The first-order valence-corrected chi connectivity index (χ1v) is 9.48. The molecular weight excluding hydrogens is 356 g/mol. The van der Waals surface area contributed by atoms with Gasteiger partial charge in [-0.1, -0.05) is 36.4 Å². The van der Waals surface area contributed by atoms with Crippen LogP contribution in [0.4, 0.5) is 0 Å². The molecule has 0 unspecified atom stereocenters. The van der Waals surface area contributed by atoms with Crippen LogP contribution >= 0.6 is 23.1 Å². The summed E-state index contributed by atoms with van der Waals surface area (Å²) >= 11 is 7.53. The predicted octanol–water partition coefficient (Wildman–Crippen LogP) is 4.85. The van der Waals surface area contributed by atoms with Crippen molar-refractivity contribution in [3.63, 3.8) is 0 Å². The maximum Gasteiger partial charge on any atom is 0.363 e. The zero-order valence-electron chi connectivity index (χ0n) is 13.5. The maximum absolute atomic E-state index is 12.5. The summed E-state index contributed by atoms with van der Waals surface area (Å²) in [5.74, 6) is 0.529. The van der Waals surface area contributed by atoms with E-state index in [1.807, 2.05) is 42.5 Å². The second-order valence-electron chi connectivity index (χ2n) is 6.12. The molecule has 6 heteroatoms. The smallest absolute Gasteiger partial charge is 0.363 e. The monoisotopic (exact) mass is 372 g/mol. The van der Waals surface area contributed by atoms with E-state index in [1.165, 1.54) is 11.3 Å². The highest BCUT2D eigenvalue weighted by atomic mass is 35.5. The minimum absolute atomic E-state index is 0.374. The van der Waals surface area contributed by atoms with Crippen molar-refractivity contribution in [3.8, 4) is 5.75 Å². The fourth-order valence-corrected chi connectivity index (χ4v) is 4.26. The number of piperidine rings is 1. The standard InChI is InChI=1S/C19H17ClN2O2S/c20-22-10-8-14(9-11-22)18-21-16(12-25-18)19(23)24-17-7-3-5-13-4-1-2-6-15(13)17/h1-7,12,14H,8-11H2. The summed E-state index contributed by atoms with van der Waals surface area (Å²) < 4.78 is 7.41. The van der Waals surface area contributed by atoms with Crippen molar-refractivity contribution < 1.29 is 9.53 Å². The van der Waals surface area contributed by atoms with Gasteiger partial charge in [-0.3, -0.25) is 0 Å². The Kier molecular flexibility index (Phi) is 4.70. The lowest BCUT2D eigenvalue weighted by molar-refractivity contribution is 0.0731. The highest BCUT2D eigenvalue weighted by molar-refractivity contribution is 7.09. The summed E-state index contributed by atoms with van der Waals surface area (Å²) in [6.07, 6.45) is 1.93. The molecule has 0 bridgehead atoms. The van der Waals surface area contributed by atoms with Crippen molar-refractivity contribution in [2.75, 3.05) is 13.1 Å². The van der Waals surface area contributed by atoms with E-state index in [-0.39, 0.29) is 0 Å². The fourth-order valence-electron chi connectivity index (χ4n) is 3.10. The first-order valence-electron chi connectivity index (χ1n) is 8.27. The van der Waals surface area contributed by atoms with Crippen LogP contribution in [0, 0.1) is 0 Å². The summed E-state index contributed by atoms with van der Waals surface area (Å²) in [5, 5.41) is 4.74. The van der Waals surface area contributed by atoms with Gasteiger partial charge in [-0.15, -0.1) is 11.3 Å². The number of carbonyl (C=O) groups is 1. The quantitative estimate of drug-likeness (QED) is 0.374. The number of benzene rings is 2. The van der Waals surface area contributed by atoms with Crippen molar-refractivity contribution >= 4 is 39.9 Å². The fraction of sp³-hybridized carbons (Fsp3) is 0.263. The molecule has 0 radical (unpaired) electrons. The molecule has 1 aliphatic heterocycles. The van der Waals surface area contributed by atoms with E-state index < -0.39 is 5.97 Å². The number of carbonyl (C=O) groups excluding carboxylic acids is 1. The van der Waals surface area contributed by atoms with E-state index >= 15 is 0 Å². The molecule has 0 atom stereocenters. The largest absolute Gasteiger partial charge is 0.421 e. The number of nitrogens with zero attached hydrogens (tertiary/aromatic N) is 2. The van der Waals surface area contributed by atoms with Crippen LogP contribution in [-0.4, -0.2) is 28.5 Å². The van der Waals surface area contributed by atoms with Gasteiger partial charge in [0.05, 0.1) is 5.01 Å². The van der Waals surface area contributed by atoms with Crippen LogP contribution in [-0.2, 0) is 0 Å². The predicted molar refractivity (Wildman–Crippen MR) is 100 cm³/mol. The van der Waals surface area contributed by atoms with E-state index in [0.717, 1.165) is 41.7 Å². The number of ether oxygens (including phenoxy) is 1. The lowest BCUT2D eigenvalue weighted by Gasteiger charge is -2.25. The van der Waals surface area contributed by atoms with Crippen molar-refractivity contribution in [1.82, 2.24) is 9.40 Å². The van der Waals surface area contributed by atoms with E-state index in [1.54, 1.807) is 9.80 Å². The Morgan fingerprint density at radius 1 is 1.16 bits per heavy atom. The second-order valence-corrected chi connectivity index (χ2v) is 7.49. The highest BCUT2D eigenvalue weighted by Gasteiger charge is 2.24. The molecule has 0 aliphatic carbocycles. The van der Waals surface area contributed by atoms with Crippen molar-refractivity contribution in [1.29, 1.82) is 0 Å². The number of fused-ring (bicyclic) bond motifs is 1. The van der Waals surface area contributed by atoms with Gasteiger partial charge in [0, 0.05) is 29.8 Å². The summed E-state index contributed by atoms with van der Waals surface area (Å²) in [6.45, 7) is 1.70. The Labute approximate surface area is 155 Å². The summed E-state index contributed by atoms with van der Waals surface area (Å²) in [5.41, 5.74) is 0.376. The topological polar surface area (TPSA) is 42.4 Å². The molecule has 0 amide bonds. The number of hydrogen-bond donors (Lipinski definition) is 0. The van der Waals surface area contributed by atoms with E-state index in [2.05, 4.69) is 4.98 Å². The first-order chi connectivity index (χ1) is 12.2. The Morgan fingerprint density at radius 3 is 2.76 bits per heavy atom. The highest BCUT2D eigenvalue weighted by Crippen LogP contribution is 2.31. The number of aromatic nitrogens is 1. The average molecular weight is 373 g/mol. The molecule has 1 saturated heterocycles. The minimum Gasteiger partial charge on any atom is -0.421 e. The van der Waals surface area contributed by atoms with Gasteiger partial charge in [-0.25, -0.2) is 14.2 Å². The van der Waals surface area contributed by atoms with Crippen molar-refractivity contribution in [2.45, 2.75) is 18.8 Å². The van der Waals surface area contributed by atoms with Gasteiger partial charge in [-0.05, 0) is 36.1 Å². The van der Waals surface area contributed by atoms with Gasteiger partial charge in [0.15, 0.2) is 5.69 Å². The van der Waals surface area contributed by atoms with E-state index in [9.17, 15) is 4.79 Å². The molecule has 1 fully saturated rings. The molecule has 0 N–H and O–H groups in total. The Hall–Kier alpha value is -1.95. The van der Waals surface area contributed by atoms with Gasteiger partial charge in [0.25, 0.3) is 0 Å². The summed E-state index contributed by atoms with van der Waals surface area (Å²) in [7, 11) is 0. The number of esters is 1. The van der Waals surface area contributed by atoms with Crippen molar-refractivity contribution in [2.24, 2.45) is 0 Å². The van der Waals surface area contributed by atoms with Crippen molar-refractivity contribution in [3.05, 3.63) is 58.5 Å². The number of hydrogen-bond acceptors (Lipinski definition) is 5. The zero-order chi connectivity index (χ0) is 17.2. The molecule has 3 aromatic rings. The average Bonchev–Trinajstić information content (AvgIpc) is 3.13. The lowest BCUT2D eigenvalue weighted by Crippen LogP contribution is -2.25. The Morgan fingerprint density at radius 2 is 1.92 bits per heavy atom.